The molecular weight excluding hydrogens is 354 g/mol. The highest BCUT2D eigenvalue weighted by molar-refractivity contribution is 8.00. The minimum atomic E-state index is -0.812. The SMILES string of the molecule is CCCCCCCCCCCCc1ccccc1C(SCCC#N)C(=O)O. The van der Waals surface area contributed by atoms with E-state index in [1.807, 2.05) is 18.2 Å². The normalized spacial score (nSPS) is 11.9. The quantitative estimate of drug-likeness (QED) is 0.312. The van der Waals surface area contributed by atoms with Gasteiger partial charge in [-0.3, -0.25) is 4.79 Å². The number of unbranched alkanes of at least 4 members (excludes halogenated alkanes) is 9. The fourth-order valence-electron chi connectivity index (χ4n) is 3.34. The molecule has 150 valence electrons. The summed E-state index contributed by atoms with van der Waals surface area (Å²) in [6.07, 6.45) is 14.4. The highest BCUT2D eigenvalue weighted by atomic mass is 32.2. The van der Waals surface area contributed by atoms with E-state index in [4.69, 9.17) is 5.26 Å². The zero-order valence-electron chi connectivity index (χ0n) is 16.8. The molecule has 0 aliphatic heterocycles. The van der Waals surface area contributed by atoms with Crippen molar-refractivity contribution in [3.8, 4) is 6.07 Å². The number of benzene rings is 1. The van der Waals surface area contributed by atoms with E-state index in [0.29, 0.717) is 12.2 Å². The van der Waals surface area contributed by atoms with Gasteiger partial charge in [0.25, 0.3) is 0 Å². The number of hydrogen-bond acceptors (Lipinski definition) is 3. The Bertz CT molecular complexity index is 568. The monoisotopic (exact) mass is 389 g/mol. The standard InChI is InChI=1S/C23H35NO2S/c1-2-3-4-5-6-7-8-9-10-11-15-20-16-12-13-17-21(20)22(23(25)26)27-19-14-18-24/h12-13,16-17,22H,2-11,14-15,19H2,1H3,(H,25,26). The fourth-order valence-corrected chi connectivity index (χ4v) is 4.33. The molecule has 1 N–H and O–H groups in total. The molecule has 0 fully saturated rings. The van der Waals surface area contributed by atoms with Crippen molar-refractivity contribution in [1.82, 2.24) is 0 Å². The molecule has 1 atom stereocenters. The lowest BCUT2D eigenvalue weighted by Gasteiger charge is -2.16. The minimum absolute atomic E-state index is 0.384. The Labute approximate surface area is 169 Å². The van der Waals surface area contributed by atoms with Gasteiger partial charge in [0, 0.05) is 12.2 Å². The number of nitrogens with zero attached hydrogens (tertiary/aromatic N) is 1. The summed E-state index contributed by atoms with van der Waals surface area (Å²) in [4.78, 5) is 11.7. The van der Waals surface area contributed by atoms with E-state index in [-0.39, 0.29) is 0 Å². The largest absolute Gasteiger partial charge is 0.480 e. The second-order valence-electron chi connectivity index (χ2n) is 7.13. The van der Waals surface area contributed by atoms with Crippen LogP contribution in [0.1, 0.15) is 93.9 Å². The maximum absolute atomic E-state index is 11.7. The van der Waals surface area contributed by atoms with Crippen LogP contribution in [0.25, 0.3) is 0 Å². The number of aliphatic carboxylic acids is 1. The van der Waals surface area contributed by atoms with Crippen molar-refractivity contribution >= 4 is 17.7 Å². The van der Waals surface area contributed by atoms with Gasteiger partial charge in [0.1, 0.15) is 5.25 Å². The van der Waals surface area contributed by atoms with Gasteiger partial charge in [-0.2, -0.15) is 5.26 Å². The summed E-state index contributed by atoms with van der Waals surface area (Å²) in [5.41, 5.74) is 2.05. The molecule has 0 aliphatic carbocycles. The molecule has 0 heterocycles. The molecular formula is C23H35NO2S. The third-order valence-corrected chi connectivity index (χ3v) is 6.09. The van der Waals surface area contributed by atoms with Gasteiger partial charge in [-0.1, -0.05) is 89.0 Å². The highest BCUT2D eigenvalue weighted by Gasteiger charge is 2.22. The van der Waals surface area contributed by atoms with E-state index in [9.17, 15) is 9.90 Å². The maximum Gasteiger partial charge on any atom is 0.321 e. The van der Waals surface area contributed by atoms with E-state index < -0.39 is 11.2 Å². The first-order chi connectivity index (χ1) is 13.2. The number of nitriles is 1. The number of aryl methyl sites for hydroxylation is 1. The van der Waals surface area contributed by atoms with Crippen LogP contribution in [0.15, 0.2) is 24.3 Å². The van der Waals surface area contributed by atoms with E-state index in [1.165, 1.54) is 69.5 Å². The van der Waals surface area contributed by atoms with Crippen molar-refractivity contribution in [2.24, 2.45) is 0 Å². The second kappa shape index (κ2) is 15.6. The van der Waals surface area contributed by atoms with Crippen LogP contribution in [0.5, 0.6) is 0 Å². The van der Waals surface area contributed by atoms with Crippen molar-refractivity contribution in [2.45, 2.75) is 89.2 Å². The highest BCUT2D eigenvalue weighted by Crippen LogP contribution is 2.32. The van der Waals surface area contributed by atoms with Gasteiger partial charge in [-0.15, -0.1) is 11.8 Å². The average Bonchev–Trinajstić information content (AvgIpc) is 2.67. The Kier molecular flexibility index (Phi) is 13.6. The predicted molar refractivity (Wildman–Crippen MR) is 115 cm³/mol. The zero-order valence-corrected chi connectivity index (χ0v) is 17.6. The molecule has 1 unspecified atom stereocenters. The third kappa shape index (κ3) is 10.4. The topological polar surface area (TPSA) is 61.1 Å². The van der Waals surface area contributed by atoms with Crippen LogP contribution in [0, 0.1) is 11.3 Å². The molecule has 0 spiro atoms. The van der Waals surface area contributed by atoms with Crippen LogP contribution < -0.4 is 0 Å². The molecule has 0 radical (unpaired) electrons. The Balaban J connectivity index is 2.36. The van der Waals surface area contributed by atoms with Gasteiger partial charge >= 0.3 is 5.97 Å². The molecule has 1 rings (SSSR count). The minimum Gasteiger partial charge on any atom is -0.480 e. The fraction of sp³-hybridized carbons (Fsp3) is 0.652. The number of carboxylic acids is 1. The van der Waals surface area contributed by atoms with Gasteiger partial charge in [-0.25, -0.2) is 0 Å². The lowest BCUT2D eigenvalue weighted by Crippen LogP contribution is -2.11. The van der Waals surface area contributed by atoms with Crippen molar-refractivity contribution in [3.05, 3.63) is 35.4 Å². The maximum atomic E-state index is 11.7. The molecule has 3 nitrogen and oxygen atoms in total. The third-order valence-electron chi connectivity index (χ3n) is 4.86. The number of hydrogen-bond donors (Lipinski definition) is 1. The van der Waals surface area contributed by atoms with Crippen molar-refractivity contribution < 1.29 is 9.90 Å². The summed E-state index contributed by atoms with van der Waals surface area (Å²) in [7, 11) is 0. The van der Waals surface area contributed by atoms with Gasteiger partial charge in [0.2, 0.25) is 0 Å². The summed E-state index contributed by atoms with van der Waals surface area (Å²) >= 11 is 1.36. The van der Waals surface area contributed by atoms with Crippen LogP contribution in [-0.4, -0.2) is 16.8 Å². The number of rotatable bonds is 16. The molecule has 0 saturated carbocycles. The van der Waals surface area contributed by atoms with Crippen LogP contribution in [0.3, 0.4) is 0 Å². The lowest BCUT2D eigenvalue weighted by molar-refractivity contribution is -0.136. The molecule has 1 aromatic rings. The summed E-state index contributed by atoms with van der Waals surface area (Å²) in [6.45, 7) is 2.25. The summed E-state index contributed by atoms with van der Waals surface area (Å²) in [5, 5.41) is 17.7. The van der Waals surface area contributed by atoms with E-state index in [2.05, 4.69) is 19.1 Å². The van der Waals surface area contributed by atoms with Crippen molar-refractivity contribution in [3.63, 3.8) is 0 Å². The molecule has 0 aromatic heterocycles. The average molecular weight is 390 g/mol. The number of carboxylic acid groups (broad SMARTS) is 1. The van der Waals surface area contributed by atoms with Crippen molar-refractivity contribution in [2.75, 3.05) is 5.75 Å². The first-order valence-corrected chi connectivity index (χ1v) is 11.5. The van der Waals surface area contributed by atoms with Crippen molar-refractivity contribution in [1.29, 1.82) is 5.26 Å². The summed E-state index contributed by atoms with van der Waals surface area (Å²) in [5.74, 6) is -0.256. The Hall–Kier alpha value is -1.47. The van der Waals surface area contributed by atoms with E-state index in [1.54, 1.807) is 0 Å². The molecule has 27 heavy (non-hydrogen) atoms. The smallest absolute Gasteiger partial charge is 0.321 e. The lowest BCUT2D eigenvalue weighted by atomic mass is 9.98. The van der Waals surface area contributed by atoms with E-state index in [0.717, 1.165) is 24.0 Å². The predicted octanol–water partition coefficient (Wildman–Crippen LogP) is 6.92. The summed E-state index contributed by atoms with van der Waals surface area (Å²) < 4.78 is 0. The number of carbonyl (C=O) groups is 1. The molecule has 0 aliphatic rings. The second-order valence-corrected chi connectivity index (χ2v) is 8.34. The van der Waals surface area contributed by atoms with E-state index >= 15 is 0 Å². The van der Waals surface area contributed by atoms with Gasteiger partial charge in [0.05, 0.1) is 6.07 Å². The zero-order chi connectivity index (χ0) is 19.7. The molecule has 0 bridgehead atoms. The first kappa shape index (κ1) is 23.6. The van der Waals surface area contributed by atoms with Crippen LogP contribution >= 0.6 is 11.8 Å². The summed E-state index contributed by atoms with van der Waals surface area (Å²) in [6, 6.07) is 9.99. The number of thioether (sulfide) groups is 1. The Morgan fingerprint density at radius 2 is 1.63 bits per heavy atom. The van der Waals surface area contributed by atoms with Crippen LogP contribution in [-0.2, 0) is 11.2 Å². The Morgan fingerprint density at radius 1 is 1.04 bits per heavy atom. The molecule has 4 heteroatoms. The van der Waals surface area contributed by atoms with Gasteiger partial charge in [-0.05, 0) is 24.0 Å². The van der Waals surface area contributed by atoms with Crippen LogP contribution in [0.4, 0.5) is 0 Å². The molecule has 0 amide bonds. The van der Waals surface area contributed by atoms with Crippen LogP contribution in [0.2, 0.25) is 0 Å². The first-order valence-electron chi connectivity index (χ1n) is 10.5. The Morgan fingerprint density at radius 3 is 2.22 bits per heavy atom. The van der Waals surface area contributed by atoms with Gasteiger partial charge < -0.3 is 5.11 Å². The van der Waals surface area contributed by atoms with Gasteiger partial charge in [0.15, 0.2) is 0 Å². The molecule has 1 aromatic carbocycles. The molecule has 0 saturated heterocycles.